The van der Waals surface area contributed by atoms with Crippen LogP contribution in [0.5, 0.6) is 0 Å². The van der Waals surface area contributed by atoms with Gasteiger partial charge in [-0.1, -0.05) is 18.3 Å². The highest BCUT2D eigenvalue weighted by Crippen LogP contribution is 2.14. The van der Waals surface area contributed by atoms with Crippen LogP contribution in [0.2, 0.25) is 0 Å². The molecule has 0 radical (unpaired) electrons. The fourth-order valence-electron chi connectivity index (χ4n) is 1.08. The summed E-state index contributed by atoms with van der Waals surface area (Å²) in [5.41, 5.74) is 2.69. The molecule has 0 fully saturated rings. The number of aromatic nitrogens is 1. The van der Waals surface area contributed by atoms with E-state index in [2.05, 4.69) is 4.98 Å². The molecule has 0 saturated heterocycles. The van der Waals surface area contributed by atoms with Gasteiger partial charge in [0, 0.05) is 4.86 Å². The summed E-state index contributed by atoms with van der Waals surface area (Å²) in [6, 6.07) is 5.75. The standard InChI is InChI=1S/C9H7NOS/c1-6(12)7-2-3-9-8(4-7)10-5-11-9/h2-5H,1H3. The van der Waals surface area contributed by atoms with Gasteiger partial charge in [0.05, 0.1) is 0 Å². The van der Waals surface area contributed by atoms with E-state index in [1.165, 1.54) is 6.39 Å². The first-order chi connectivity index (χ1) is 5.77. The number of hydrogen-bond donors (Lipinski definition) is 0. The first-order valence-corrected chi connectivity index (χ1v) is 4.02. The molecule has 0 unspecified atom stereocenters. The molecule has 0 aliphatic rings. The molecule has 12 heavy (non-hydrogen) atoms. The molecule has 1 heterocycles. The van der Waals surface area contributed by atoms with Crippen molar-refractivity contribution in [2.24, 2.45) is 0 Å². The van der Waals surface area contributed by atoms with Gasteiger partial charge in [0.25, 0.3) is 0 Å². The molecule has 0 spiro atoms. The third-order valence-corrected chi connectivity index (χ3v) is 1.97. The SMILES string of the molecule is CC(=S)c1ccc2ocnc2c1. The zero-order valence-electron chi connectivity index (χ0n) is 6.57. The average Bonchev–Trinajstić information content (AvgIpc) is 2.49. The quantitative estimate of drug-likeness (QED) is 0.494. The molecule has 3 heteroatoms. The third-order valence-electron chi connectivity index (χ3n) is 1.74. The van der Waals surface area contributed by atoms with Gasteiger partial charge in [-0.15, -0.1) is 0 Å². The molecule has 0 saturated carbocycles. The summed E-state index contributed by atoms with van der Waals surface area (Å²) in [4.78, 5) is 4.91. The molecule has 0 amide bonds. The van der Waals surface area contributed by atoms with E-state index in [0.717, 1.165) is 21.5 Å². The second-order valence-corrected chi connectivity index (χ2v) is 3.20. The van der Waals surface area contributed by atoms with Gasteiger partial charge < -0.3 is 4.42 Å². The first kappa shape index (κ1) is 7.43. The van der Waals surface area contributed by atoms with Gasteiger partial charge in [0.15, 0.2) is 12.0 Å². The van der Waals surface area contributed by atoms with Gasteiger partial charge in [0.2, 0.25) is 0 Å². The minimum absolute atomic E-state index is 0.801. The summed E-state index contributed by atoms with van der Waals surface area (Å²) in [7, 11) is 0. The summed E-state index contributed by atoms with van der Waals surface area (Å²) in [5.74, 6) is 0. The highest BCUT2D eigenvalue weighted by Gasteiger charge is 2.00. The topological polar surface area (TPSA) is 26.0 Å². The van der Waals surface area contributed by atoms with E-state index >= 15 is 0 Å². The van der Waals surface area contributed by atoms with E-state index < -0.39 is 0 Å². The van der Waals surface area contributed by atoms with E-state index in [1.54, 1.807) is 0 Å². The van der Waals surface area contributed by atoms with Crippen LogP contribution < -0.4 is 0 Å². The molecule has 0 aliphatic heterocycles. The summed E-state index contributed by atoms with van der Waals surface area (Å²) < 4.78 is 5.10. The second-order valence-electron chi connectivity index (χ2n) is 2.59. The Kier molecular flexibility index (Phi) is 1.66. The van der Waals surface area contributed by atoms with Crippen LogP contribution in [0.4, 0.5) is 0 Å². The van der Waals surface area contributed by atoms with Crippen molar-refractivity contribution in [1.82, 2.24) is 4.98 Å². The molecule has 2 aromatic rings. The van der Waals surface area contributed by atoms with Crippen molar-refractivity contribution < 1.29 is 4.42 Å². The summed E-state index contributed by atoms with van der Waals surface area (Å²) in [6.45, 7) is 1.90. The Morgan fingerprint density at radius 1 is 1.50 bits per heavy atom. The molecule has 0 N–H and O–H groups in total. The number of oxazole rings is 1. The van der Waals surface area contributed by atoms with Gasteiger partial charge in [0.1, 0.15) is 5.52 Å². The van der Waals surface area contributed by atoms with Gasteiger partial charge in [-0.3, -0.25) is 0 Å². The Labute approximate surface area is 75.2 Å². The van der Waals surface area contributed by atoms with Crippen molar-refractivity contribution in [3.63, 3.8) is 0 Å². The number of thiocarbonyl (C=S) groups is 1. The molecule has 0 aliphatic carbocycles. The summed E-state index contributed by atoms with van der Waals surface area (Å²) >= 11 is 5.04. The van der Waals surface area contributed by atoms with Crippen molar-refractivity contribution >= 4 is 28.2 Å². The van der Waals surface area contributed by atoms with Crippen molar-refractivity contribution in [2.45, 2.75) is 6.92 Å². The fraction of sp³-hybridized carbons (Fsp3) is 0.111. The van der Waals surface area contributed by atoms with Crippen LogP contribution in [0.3, 0.4) is 0 Å². The molecular formula is C9H7NOS. The highest BCUT2D eigenvalue weighted by atomic mass is 32.1. The predicted octanol–water partition coefficient (Wildman–Crippen LogP) is 2.57. The zero-order chi connectivity index (χ0) is 8.55. The maximum absolute atomic E-state index is 5.10. The predicted molar refractivity (Wildman–Crippen MR) is 51.4 cm³/mol. The minimum atomic E-state index is 0.801. The van der Waals surface area contributed by atoms with Crippen molar-refractivity contribution in [1.29, 1.82) is 0 Å². The maximum Gasteiger partial charge on any atom is 0.181 e. The molecule has 2 nitrogen and oxygen atoms in total. The second kappa shape index (κ2) is 2.68. The van der Waals surface area contributed by atoms with Crippen molar-refractivity contribution in [3.05, 3.63) is 30.2 Å². The summed E-state index contributed by atoms with van der Waals surface area (Å²) in [6.07, 6.45) is 1.44. The smallest absolute Gasteiger partial charge is 0.181 e. The zero-order valence-corrected chi connectivity index (χ0v) is 7.39. The van der Waals surface area contributed by atoms with Crippen molar-refractivity contribution in [2.75, 3.05) is 0 Å². The lowest BCUT2D eigenvalue weighted by molar-refractivity contribution is 0.602. The Balaban J connectivity index is 2.68. The molecule has 1 aromatic heterocycles. The van der Waals surface area contributed by atoms with Gasteiger partial charge in [-0.2, -0.15) is 0 Å². The Bertz CT molecular complexity index is 433. The Hall–Kier alpha value is -1.22. The van der Waals surface area contributed by atoms with Gasteiger partial charge in [-0.25, -0.2) is 4.98 Å². The third kappa shape index (κ3) is 1.12. The minimum Gasteiger partial charge on any atom is -0.443 e. The molecule has 0 atom stereocenters. The fourth-order valence-corrected chi connectivity index (χ4v) is 1.20. The largest absolute Gasteiger partial charge is 0.443 e. The first-order valence-electron chi connectivity index (χ1n) is 3.61. The van der Waals surface area contributed by atoms with Crippen LogP contribution in [-0.2, 0) is 0 Å². The van der Waals surface area contributed by atoms with E-state index in [9.17, 15) is 0 Å². The van der Waals surface area contributed by atoms with Crippen LogP contribution >= 0.6 is 12.2 Å². The molecule has 2 rings (SSSR count). The normalized spacial score (nSPS) is 10.4. The Morgan fingerprint density at radius 2 is 2.33 bits per heavy atom. The number of fused-ring (bicyclic) bond motifs is 1. The molecule has 60 valence electrons. The number of rotatable bonds is 1. The average molecular weight is 177 g/mol. The molecule has 1 aromatic carbocycles. The van der Waals surface area contributed by atoms with Gasteiger partial charge in [-0.05, 0) is 24.6 Å². The van der Waals surface area contributed by atoms with E-state index in [4.69, 9.17) is 16.6 Å². The number of hydrogen-bond acceptors (Lipinski definition) is 3. The Morgan fingerprint density at radius 3 is 3.08 bits per heavy atom. The van der Waals surface area contributed by atoms with Crippen LogP contribution in [0.15, 0.2) is 29.0 Å². The summed E-state index contributed by atoms with van der Waals surface area (Å²) in [5, 5.41) is 0. The maximum atomic E-state index is 5.10. The van der Waals surface area contributed by atoms with Crippen LogP contribution in [0.25, 0.3) is 11.1 Å². The van der Waals surface area contributed by atoms with E-state index in [1.807, 2.05) is 25.1 Å². The lowest BCUT2D eigenvalue weighted by Gasteiger charge is -1.94. The molecule has 0 bridgehead atoms. The lowest BCUT2D eigenvalue weighted by Crippen LogP contribution is -1.88. The van der Waals surface area contributed by atoms with E-state index in [0.29, 0.717) is 0 Å². The van der Waals surface area contributed by atoms with E-state index in [-0.39, 0.29) is 0 Å². The van der Waals surface area contributed by atoms with Gasteiger partial charge >= 0.3 is 0 Å². The van der Waals surface area contributed by atoms with Crippen LogP contribution in [0, 0.1) is 0 Å². The molecular weight excluding hydrogens is 170 g/mol. The van der Waals surface area contributed by atoms with Crippen LogP contribution in [0.1, 0.15) is 12.5 Å². The monoisotopic (exact) mass is 177 g/mol. The van der Waals surface area contributed by atoms with Crippen LogP contribution in [-0.4, -0.2) is 9.85 Å². The highest BCUT2D eigenvalue weighted by molar-refractivity contribution is 7.80. The number of nitrogens with zero attached hydrogens (tertiary/aromatic N) is 1. The number of benzene rings is 1. The van der Waals surface area contributed by atoms with Crippen molar-refractivity contribution in [3.8, 4) is 0 Å². The lowest BCUT2D eigenvalue weighted by atomic mass is 10.1.